The van der Waals surface area contributed by atoms with Gasteiger partial charge in [-0.15, -0.1) is 0 Å². The Morgan fingerprint density at radius 2 is 2.32 bits per heavy atom. The minimum Gasteiger partial charge on any atom is -0.383 e. The number of amides is 1. The van der Waals surface area contributed by atoms with E-state index in [1.54, 1.807) is 0 Å². The van der Waals surface area contributed by atoms with Crippen LogP contribution in [0.25, 0.3) is 5.65 Å². The van der Waals surface area contributed by atoms with Gasteiger partial charge in [-0.3, -0.25) is 4.79 Å². The maximum atomic E-state index is 13.2. The second-order valence-corrected chi connectivity index (χ2v) is 5.22. The van der Waals surface area contributed by atoms with Crippen molar-refractivity contribution in [3.05, 3.63) is 29.2 Å². The highest BCUT2D eigenvalue weighted by molar-refractivity contribution is 5.99. The van der Waals surface area contributed by atoms with E-state index in [1.807, 2.05) is 0 Å². The summed E-state index contributed by atoms with van der Waals surface area (Å²) in [7, 11) is 1.53. The SMILES string of the molecule is COCCNC(=O)c1cnn2c(C(F)F)cc(C3CC3)nc12. The van der Waals surface area contributed by atoms with E-state index in [0.29, 0.717) is 18.8 Å². The van der Waals surface area contributed by atoms with Crippen LogP contribution in [0.15, 0.2) is 12.3 Å². The lowest BCUT2D eigenvalue weighted by Gasteiger charge is -2.08. The van der Waals surface area contributed by atoms with E-state index in [4.69, 9.17) is 4.74 Å². The summed E-state index contributed by atoms with van der Waals surface area (Å²) in [6, 6.07) is 1.38. The van der Waals surface area contributed by atoms with E-state index >= 15 is 0 Å². The molecule has 1 saturated carbocycles. The standard InChI is InChI=1S/C14H16F2N4O2/c1-22-5-4-17-14(21)9-7-18-20-11(12(15)16)6-10(8-2-3-8)19-13(9)20/h6-8,12H,2-5H2,1H3,(H,17,21). The fourth-order valence-electron chi connectivity index (χ4n) is 2.27. The molecule has 6 nitrogen and oxygen atoms in total. The zero-order valence-electron chi connectivity index (χ0n) is 12.1. The Morgan fingerprint density at radius 1 is 1.55 bits per heavy atom. The van der Waals surface area contributed by atoms with Gasteiger partial charge in [0.2, 0.25) is 0 Å². The first kappa shape index (κ1) is 14.8. The zero-order valence-corrected chi connectivity index (χ0v) is 12.1. The van der Waals surface area contributed by atoms with Crippen LogP contribution in [0.2, 0.25) is 0 Å². The van der Waals surface area contributed by atoms with Gasteiger partial charge in [0.25, 0.3) is 12.3 Å². The first-order valence-corrected chi connectivity index (χ1v) is 7.05. The first-order valence-electron chi connectivity index (χ1n) is 7.05. The van der Waals surface area contributed by atoms with Crippen molar-refractivity contribution in [3.63, 3.8) is 0 Å². The monoisotopic (exact) mass is 310 g/mol. The van der Waals surface area contributed by atoms with Gasteiger partial charge in [0.15, 0.2) is 5.65 Å². The highest BCUT2D eigenvalue weighted by atomic mass is 19.3. The first-order chi connectivity index (χ1) is 10.6. The quantitative estimate of drug-likeness (QED) is 0.828. The number of rotatable bonds is 6. The number of carbonyl (C=O) groups excluding carboxylic acids is 1. The molecular formula is C14H16F2N4O2. The zero-order chi connectivity index (χ0) is 15.7. The lowest BCUT2D eigenvalue weighted by atomic mass is 10.2. The summed E-state index contributed by atoms with van der Waals surface area (Å²) in [5, 5.41) is 6.54. The van der Waals surface area contributed by atoms with Gasteiger partial charge in [0.1, 0.15) is 11.3 Å². The Balaban J connectivity index is 1.99. The molecule has 0 bridgehead atoms. The van der Waals surface area contributed by atoms with Gasteiger partial charge in [-0.1, -0.05) is 0 Å². The van der Waals surface area contributed by atoms with Crippen LogP contribution in [-0.2, 0) is 4.74 Å². The van der Waals surface area contributed by atoms with Crippen LogP contribution in [0.5, 0.6) is 0 Å². The van der Waals surface area contributed by atoms with E-state index in [9.17, 15) is 13.6 Å². The van der Waals surface area contributed by atoms with Gasteiger partial charge in [-0.2, -0.15) is 5.10 Å². The summed E-state index contributed by atoms with van der Waals surface area (Å²) in [5.41, 5.74) is 0.743. The largest absolute Gasteiger partial charge is 0.383 e. The molecule has 8 heteroatoms. The number of fused-ring (bicyclic) bond motifs is 1. The van der Waals surface area contributed by atoms with Crippen LogP contribution in [0, 0.1) is 0 Å². The number of halogens is 2. The van der Waals surface area contributed by atoms with Gasteiger partial charge in [-0.05, 0) is 18.9 Å². The molecule has 0 radical (unpaired) electrons. The molecule has 0 atom stereocenters. The van der Waals surface area contributed by atoms with Crippen molar-refractivity contribution in [1.29, 1.82) is 0 Å². The molecule has 1 fully saturated rings. The fourth-order valence-corrected chi connectivity index (χ4v) is 2.27. The van der Waals surface area contributed by atoms with Crippen LogP contribution in [0.4, 0.5) is 8.78 Å². The topological polar surface area (TPSA) is 68.5 Å². The van der Waals surface area contributed by atoms with Crippen LogP contribution >= 0.6 is 0 Å². The average molecular weight is 310 g/mol. The van der Waals surface area contributed by atoms with E-state index < -0.39 is 12.3 Å². The molecule has 0 saturated heterocycles. The molecule has 0 unspecified atom stereocenters. The second kappa shape index (κ2) is 5.96. The van der Waals surface area contributed by atoms with Crippen molar-refractivity contribution in [3.8, 4) is 0 Å². The summed E-state index contributed by atoms with van der Waals surface area (Å²) in [6.07, 6.45) is 0.477. The fraction of sp³-hybridized carbons (Fsp3) is 0.500. The number of hydrogen-bond acceptors (Lipinski definition) is 4. The van der Waals surface area contributed by atoms with Gasteiger partial charge in [0.05, 0.1) is 12.8 Å². The Labute approximate surface area is 125 Å². The van der Waals surface area contributed by atoms with Crippen molar-refractivity contribution >= 4 is 11.6 Å². The number of nitrogens with zero attached hydrogens (tertiary/aromatic N) is 3. The molecule has 1 aliphatic carbocycles. The molecular weight excluding hydrogens is 294 g/mol. The molecule has 2 heterocycles. The molecule has 0 aliphatic heterocycles. The third-order valence-electron chi connectivity index (χ3n) is 3.57. The Hall–Kier alpha value is -2.09. The highest BCUT2D eigenvalue weighted by Gasteiger charge is 2.29. The predicted molar refractivity (Wildman–Crippen MR) is 74.1 cm³/mol. The molecule has 22 heavy (non-hydrogen) atoms. The predicted octanol–water partition coefficient (Wildman–Crippen LogP) is 1.92. The maximum absolute atomic E-state index is 13.2. The molecule has 118 valence electrons. The molecule has 1 N–H and O–H groups in total. The number of methoxy groups -OCH3 is 1. The molecule has 1 amide bonds. The number of alkyl halides is 2. The van der Waals surface area contributed by atoms with Gasteiger partial charge < -0.3 is 10.1 Å². The van der Waals surface area contributed by atoms with Gasteiger partial charge in [0, 0.05) is 25.3 Å². The van der Waals surface area contributed by atoms with Crippen molar-refractivity contribution in [2.24, 2.45) is 0 Å². The normalized spacial score (nSPS) is 14.7. The third kappa shape index (κ3) is 2.78. The Bertz CT molecular complexity index is 697. The smallest absolute Gasteiger partial charge is 0.280 e. The van der Waals surface area contributed by atoms with Crippen molar-refractivity contribution in [2.75, 3.05) is 20.3 Å². The lowest BCUT2D eigenvalue weighted by Crippen LogP contribution is -2.27. The summed E-state index contributed by atoms with van der Waals surface area (Å²) in [4.78, 5) is 16.5. The lowest BCUT2D eigenvalue weighted by molar-refractivity contribution is 0.0938. The summed E-state index contributed by atoms with van der Waals surface area (Å²) in [5.74, 6) is -0.186. The number of carbonyl (C=O) groups is 1. The third-order valence-corrected chi connectivity index (χ3v) is 3.57. The summed E-state index contributed by atoms with van der Waals surface area (Å²) >= 11 is 0. The molecule has 1 aliphatic rings. The van der Waals surface area contributed by atoms with E-state index in [-0.39, 0.29) is 22.8 Å². The number of hydrogen-bond donors (Lipinski definition) is 1. The van der Waals surface area contributed by atoms with Crippen LogP contribution in [-0.4, -0.2) is 40.8 Å². The summed E-state index contributed by atoms with van der Waals surface area (Å²) < 4.78 is 32.3. The van der Waals surface area contributed by atoms with Crippen LogP contribution < -0.4 is 5.32 Å². The Morgan fingerprint density at radius 3 is 2.95 bits per heavy atom. The molecule has 2 aromatic rings. The van der Waals surface area contributed by atoms with Gasteiger partial charge >= 0.3 is 0 Å². The number of aromatic nitrogens is 3. The second-order valence-electron chi connectivity index (χ2n) is 5.22. The maximum Gasteiger partial charge on any atom is 0.280 e. The molecule has 3 rings (SSSR count). The highest BCUT2D eigenvalue weighted by Crippen LogP contribution is 2.40. The minimum atomic E-state index is -2.67. The minimum absolute atomic E-state index is 0.176. The van der Waals surface area contributed by atoms with Crippen molar-refractivity contribution < 1.29 is 18.3 Å². The Kier molecular flexibility index (Phi) is 4.02. The number of ether oxygens (including phenoxy) is 1. The van der Waals surface area contributed by atoms with E-state index in [2.05, 4.69) is 15.4 Å². The van der Waals surface area contributed by atoms with Crippen molar-refractivity contribution in [2.45, 2.75) is 25.2 Å². The van der Waals surface area contributed by atoms with Crippen molar-refractivity contribution in [1.82, 2.24) is 19.9 Å². The average Bonchev–Trinajstić information content (AvgIpc) is 3.25. The molecule has 2 aromatic heterocycles. The van der Waals surface area contributed by atoms with E-state index in [1.165, 1.54) is 19.4 Å². The molecule has 0 aromatic carbocycles. The number of nitrogens with one attached hydrogen (secondary N) is 1. The van der Waals surface area contributed by atoms with Crippen LogP contribution in [0.1, 0.15) is 46.9 Å². The van der Waals surface area contributed by atoms with Gasteiger partial charge in [-0.25, -0.2) is 18.3 Å². The van der Waals surface area contributed by atoms with E-state index in [0.717, 1.165) is 17.4 Å². The molecule has 0 spiro atoms. The summed E-state index contributed by atoms with van der Waals surface area (Å²) in [6.45, 7) is 0.699. The van der Waals surface area contributed by atoms with Crippen LogP contribution in [0.3, 0.4) is 0 Å².